The predicted octanol–water partition coefficient (Wildman–Crippen LogP) is 3.42. The van der Waals surface area contributed by atoms with Crippen molar-refractivity contribution in [2.45, 2.75) is 5.75 Å². The van der Waals surface area contributed by atoms with Gasteiger partial charge in [0.05, 0.1) is 5.75 Å². The molecule has 17 heavy (non-hydrogen) atoms. The summed E-state index contributed by atoms with van der Waals surface area (Å²) in [4.78, 5) is 0. The van der Waals surface area contributed by atoms with E-state index in [4.69, 9.17) is 10.7 Å². The molecule has 0 atom stereocenters. The number of benzene rings is 2. The fourth-order valence-electron chi connectivity index (χ4n) is 1.62. The molecular formula is C13H11ClO2S. The lowest BCUT2D eigenvalue weighted by Gasteiger charge is -2.03. The topological polar surface area (TPSA) is 34.1 Å². The van der Waals surface area contributed by atoms with Gasteiger partial charge in [-0.25, -0.2) is 8.42 Å². The Morgan fingerprint density at radius 2 is 1.35 bits per heavy atom. The lowest BCUT2D eigenvalue weighted by atomic mass is 10.0. The number of halogens is 1. The Morgan fingerprint density at radius 1 is 0.824 bits per heavy atom. The van der Waals surface area contributed by atoms with Crippen LogP contribution >= 0.6 is 10.7 Å². The Bertz CT molecular complexity index is 589. The van der Waals surface area contributed by atoms with Gasteiger partial charge in [0.2, 0.25) is 9.05 Å². The van der Waals surface area contributed by atoms with E-state index in [0.717, 1.165) is 11.1 Å². The first kappa shape index (κ1) is 12.1. The van der Waals surface area contributed by atoms with E-state index < -0.39 is 9.05 Å². The molecule has 0 aromatic heterocycles. The molecule has 0 aliphatic rings. The van der Waals surface area contributed by atoms with E-state index in [1.54, 1.807) is 12.1 Å². The molecular weight excluding hydrogens is 256 g/mol. The SMILES string of the molecule is O=S(=O)(Cl)Cc1ccc(-c2ccccc2)cc1. The maximum atomic E-state index is 10.9. The Morgan fingerprint density at radius 3 is 1.88 bits per heavy atom. The summed E-state index contributed by atoms with van der Waals surface area (Å²) >= 11 is 0. The molecule has 2 nitrogen and oxygen atoms in total. The quantitative estimate of drug-likeness (QED) is 0.798. The van der Waals surface area contributed by atoms with E-state index in [2.05, 4.69) is 0 Å². The van der Waals surface area contributed by atoms with Crippen molar-refractivity contribution in [3.63, 3.8) is 0 Å². The number of hydrogen-bond acceptors (Lipinski definition) is 2. The fourth-order valence-corrected chi connectivity index (χ4v) is 2.59. The lowest BCUT2D eigenvalue weighted by Crippen LogP contribution is -1.94. The van der Waals surface area contributed by atoms with E-state index in [0.29, 0.717) is 5.56 Å². The average molecular weight is 267 g/mol. The van der Waals surface area contributed by atoms with Crippen molar-refractivity contribution in [3.05, 3.63) is 60.2 Å². The first-order chi connectivity index (χ1) is 8.04. The first-order valence-corrected chi connectivity index (χ1v) is 7.59. The third-order valence-corrected chi connectivity index (χ3v) is 3.41. The average Bonchev–Trinajstić information content (AvgIpc) is 2.29. The fraction of sp³-hybridized carbons (Fsp3) is 0.0769. The summed E-state index contributed by atoms with van der Waals surface area (Å²) < 4.78 is 21.8. The van der Waals surface area contributed by atoms with E-state index in [1.165, 1.54) is 0 Å². The molecule has 0 radical (unpaired) electrons. The van der Waals surface area contributed by atoms with Crippen molar-refractivity contribution >= 4 is 19.7 Å². The first-order valence-electron chi connectivity index (χ1n) is 5.11. The summed E-state index contributed by atoms with van der Waals surface area (Å²) in [5.41, 5.74) is 2.86. The summed E-state index contributed by atoms with van der Waals surface area (Å²) in [6.45, 7) is 0. The van der Waals surface area contributed by atoms with Crippen LogP contribution in [0.25, 0.3) is 11.1 Å². The molecule has 0 saturated carbocycles. The molecule has 0 heterocycles. The van der Waals surface area contributed by atoms with Crippen molar-refractivity contribution in [1.29, 1.82) is 0 Å². The maximum Gasteiger partial charge on any atom is 0.236 e. The van der Waals surface area contributed by atoms with Crippen LogP contribution < -0.4 is 0 Å². The highest BCUT2D eigenvalue weighted by Crippen LogP contribution is 2.20. The van der Waals surface area contributed by atoms with Crippen molar-refractivity contribution in [3.8, 4) is 11.1 Å². The monoisotopic (exact) mass is 266 g/mol. The van der Waals surface area contributed by atoms with Gasteiger partial charge in [-0.15, -0.1) is 0 Å². The summed E-state index contributed by atoms with van der Waals surface area (Å²) in [5, 5.41) is 0. The second-order valence-electron chi connectivity index (χ2n) is 3.75. The smallest absolute Gasteiger partial charge is 0.212 e. The summed E-state index contributed by atoms with van der Waals surface area (Å²) in [6, 6.07) is 17.3. The molecule has 2 aromatic carbocycles. The van der Waals surface area contributed by atoms with Gasteiger partial charge in [0, 0.05) is 10.7 Å². The zero-order valence-electron chi connectivity index (χ0n) is 9.01. The molecule has 0 spiro atoms. The minimum atomic E-state index is -3.48. The zero-order valence-corrected chi connectivity index (χ0v) is 10.6. The highest BCUT2D eigenvalue weighted by atomic mass is 35.7. The second-order valence-corrected chi connectivity index (χ2v) is 6.52. The van der Waals surface area contributed by atoms with Crippen molar-refractivity contribution in [1.82, 2.24) is 0 Å². The third-order valence-electron chi connectivity index (χ3n) is 2.40. The van der Waals surface area contributed by atoms with Gasteiger partial charge in [-0.05, 0) is 16.7 Å². The van der Waals surface area contributed by atoms with Crippen LogP contribution in [0.4, 0.5) is 0 Å². The van der Waals surface area contributed by atoms with Crippen LogP contribution in [0.1, 0.15) is 5.56 Å². The van der Waals surface area contributed by atoms with Crippen LogP contribution in [-0.2, 0) is 14.8 Å². The molecule has 0 saturated heterocycles. The minimum Gasteiger partial charge on any atom is -0.212 e. The largest absolute Gasteiger partial charge is 0.236 e. The molecule has 2 rings (SSSR count). The molecule has 4 heteroatoms. The van der Waals surface area contributed by atoms with Gasteiger partial charge in [-0.3, -0.25) is 0 Å². The lowest BCUT2D eigenvalue weighted by molar-refractivity contribution is 0.609. The summed E-state index contributed by atoms with van der Waals surface area (Å²) in [5.74, 6) is -0.135. The van der Waals surface area contributed by atoms with Crippen LogP contribution in [0, 0.1) is 0 Å². The van der Waals surface area contributed by atoms with Gasteiger partial charge >= 0.3 is 0 Å². The van der Waals surface area contributed by atoms with Gasteiger partial charge in [0.1, 0.15) is 0 Å². The molecule has 88 valence electrons. The molecule has 0 aliphatic carbocycles. The summed E-state index contributed by atoms with van der Waals surface area (Å²) in [6.07, 6.45) is 0. The van der Waals surface area contributed by atoms with E-state index >= 15 is 0 Å². The van der Waals surface area contributed by atoms with Crippen LogP contribution in [0.5, 0.6) is 0 Å². The van der Waals surface area contributed by atoms with Gasteiger partial charge < -0.3 is 0 Å². The third kappa shape index (κ3) is 3.58. The minimum absolute atomic E-state index is 0.135. The van der Waals surface area contributed by atoms with Crippen molar-refractivity contribution in [2.24, 2.45) is 0 Å². The molecule has 0 aliphatic heterocycles. The Labute approximate surface area is 105 Å². The van der Waals surface area contributed by atoms with Gasteiger partial charge in [-0.2, -0.15) is 0 Å². The standard InChI is InChI=1S/C13H11ClO2S/c14-17(15,16)10-11-6-8-13(9-7-11)12-4-2-1-3-5-12/h1-9H,10H2. The van der Waals surface area contributed by atoms with Gasteiger partial charge in [-0.1, -0.05) is 54.6 Å². The molecule has 0 N–H and O–H groups in total. The number of hydrogen-bond donors (Lipinski definition) is 0. The van der Waals surface area contributed by atoms with Gasteiger partial charge in [0.15, 0.2) is 0 Å². The molecule has 2 aromatic rings. The van der Waals surface area contributed by atoms with Crippen LogP contribution in [-0.4, -0.2) is 8.42 Å². The maximum absolute atomic E-state index is 10.9. The van der Waals surface area contributed by atoms with E-state index in [9.17, 15) is 8.42 Å². The Balaban J connectivity index is 2.25. The molecule has 0 unspecified atom stereocenters. The van der Waals surface area contributed by atoms with Crippen LogP contribution in [0.15, 0.2) is 54.6 Å². The predicted molar refractivity (Wildman–Crippen MR) is 70.4 cm³/mol. The zero-order chi connectivity index (χ0) is 12.3. The Kier molecular flexibility index (Phi) is 3.50. The normalized spacial score (nSPS) is 11.4. The van der Waals surface area contributed by atoms with Crippen LogP contribution in [0.3, 0.4) is 0 Å². The Hall–Kier alpha value is -1.32. The molecule has 0 fully saturated rings. The molecule has 0 bridgehead atoms. The van der Waals surface area contributed by atoms with Crippen molar-refractivity contribution in [2.75, 3.05) is 0 Å². The number of rotatable bonds is 3. The van der Waals surface area contributed by atoms with Crippen LogP contribution in [0.2, 0.25) is 0 Å². The highest BCUT2D eigenvalue weighted by Gasteiger charge is 2.06. The van der Waals surface area contributed by atoms with Crippen molar-refractivity contribution < 1.29 is 8.42 Å². The van der Waals surface area contributed by atoms with E-state index in [-0.39, 0.29) is 5.75 Å². The summed E-state index contributed by atoms with van der Waals surface area (Å²) in [7, 11) is 1.71. The van der Waals surface area contributed by atoms with E-state index in [1.807, 2.05) is 42.5 Å². The van der Waals surface area contributed by atoms with Gasteiger partial charge in [0.25, 0.3) is 0 Å². The second kappa shape index (κ2) is 4.90. The molecule has 0 amide bonds. The highest BCUT2D eigenvalue weighted by molar-refractivity contribution is 8.13.